The van der Waals surface area contributed by atoms with Gasteiger partial charge in [0.25, 0.3) is 0 Å². The van der Waals surface area contributed by atoms with Gasteiger partial charge in [-0.25, -0.2) is 0 Å². The first kappa shape index (κ1) is 15.6. The topological polar surface area (TPSA) is 52.7 Å². The van der Waals surface area contributed by atoms with Crippen molar-refractivity contribution in [2.45, 2.75) is 44.1 Å². The zero-order valence-corrected chi connectivity index (χ0v) is 12.6. The first-order valence-corrected chi connectivity index (χ1v) is 7.49. The van der Waals surface area contributed by atoms with Gasteiger partial charge in [0, 0.05) is 25.0 Å². The van der Waals surface area contributed by atoms with Crippen LogP contribution in [0.25, 0.3) is 0 Å². The van der Waals surface area contributed by atoms with E-state index in [1.807, 2.05) is 0 Å². The lowest BCUT2D eigenvalue weighted by Gasteiger charge is -2.32. The molecule has 3 saturated heterocycles. The summed E-state index contributed by atoms with van der Waals surface area (Å²) < 4.78 is 0. The molecule has 0 unspecified atom stereocenters. The fourth-order valence-electron chi connectivity index (χ4n) is 3.88. The Labute approximate surface area is 127 Å². The highest BCUT2D eigenvalue weighted by Crippen LogP contribution is 2.38. The minimum atomic E-state index is 0. The van der Waals surface area contributed by atoms with Gasteiger partial charge < -0.3 is 22.6 Å². The minimum Gasteiger partial charge on any atom is -1.00 e. The van der Waals surface area contributed by atoms with Gasteiger partial charge in [0.15, 0.2) is 0 Å². The lowest BCUT2D eigenvalue weighted by Crippen LogP contribution is -3.00. The third-order valence-electron chi connectivity index (χ3n) is 4.93. The molecular weight excluding hydrogens is 278 g/mol. The Kier molecular flexibility index (Phi) is 4.91. The summed E-state index contributed by atoms with van der Waals surface area (Å²) in [6.07, 6.45) is 6.40. The van der Waals surface area contributed by atoms with E-state index in [2.05, 4.69) is 10.2 Å². The van der Waals surface area contributed by atoms with Gasteiger partial charge in [-0.1, -0.05) is 0 Å². The summed E-state index contributed by atoms with van der Waals surface area (Å²) in [6.45, 7) is 4.10. The zero-order valence-electron chi connectivity index (χ0n) is 12.9. The third kappa shape index (κ3) is 2.93. The van der Waals surface area contributed by atoms with E-state index in [0.717, 1.165) is 19.5 Å². The molecule has 3 rings (SSSR count). The van der Waals surface area contributed by atoms with E-state index in [1.54, 1.807) is 4.90 Å². The molecule has 3 fully saturated rings. The lowest BCUT2D eigenvalue weighted by molar-refractivity contribution is -0.133. The molecule has 0 aromatic rings. The van der Waals surface area contributed by atoms with Crippen LogP contribution in [0.1, 0.15) is 40.0 Å². The van der Waals surface area contributed by atoms with Crippen LogP contribution in [-0.2, 0) is 9.59 Å². The number of fused-ring (bicyclic) bond motifs is 1. The Bertz CT molecular complexity index is 384. The predicted octanol–water partition coefficient (Wildman–Crippen LogP) is -2.53. The summed E-state index contributed by atoms with van der Waals surface area (Å²) in [4.78, 5) is 27.7. The number of amides is 2. The van der Waals surface area contributed by atoms with Gasteiger partial charge in [0.2, 0.25) is 11.8 Å². The summed E-state index contributed by atoms with van der Waals surface area (Å²) in [6, 6.07) is 0. The molecule has 3 aliphatic heterocycles. The second-order valence-electron chi connectivity index (χ2n) is 6.11. The van der Waals surface area contributed by atoms with Gasteiger partial charge in [-0.3, -0.25) is 14.5 Å². The number of halogens is 1. The van der Waals surface area contributed by atoms with Gasteiger partial charge in [-0.05, 0) is 45.2 Å². The van der Waals surface area contributed by atoms with E-state index in [4.69, 9.17) is 0 Å². The third-order valence-corrected chi connectivity index (χ3v) is 4.93. The van der Waals surface area contributed by atoms with E-state index in [1.165, 1.54) is 38.8 Å². The largest absolute Gasteiger partial charge is 1.00 e. The number of hydrogen-bond donors (Lipinski definition) is 1. The highest BCUT2D eigenvalue weighted by molar-refractivity contribution is 5.85. The quantitative estimate of drug-likeness (QED) is 0.623. The van der Waals surface area contributed by atoms with E-state index in [-0.39, 0.29) is 37.7 Å². The van der Waals surface area contributed by atoms with Crippen molar-refractivity contribution in [3.8, 4) is 0 Å². The Morgan fingerprint density at radius 2 is 1.90 bits per heavy atom. The van der Waals surface area contributed by atoms with Crippen molar-refractivity contribution in [3.63, 3.8) is 0 Å². The van der Waals surface area contributed by atoms with Crippen LogP contribution < -0.4 is 17.7 Å². The van der Waals surface area contributed by atoms with Crippen LogP contribution >= 0.6 is 0 Å². The van der Waals surface area contributed by atoms with Crippen molar-refractivity contribution in [1.82, 2.24) is 15.1 Å². The molecule has 0 spiro atoms. The number of carbonyl (C=O) groups is 2. The molecule has 0 saturated carbocycles. The van der Waals surface area contributed by atoms with Crippen LogP contribution in [0.5, 0.6) is 0 Å². The first-order valence-electron chi connectivity index (χ1n) is 7.49. The number of nitrogens with one attached hydrogen (secondary N) is 1. The second kappa shape index (κ2) is 6.31. The molecule has 3 aliphatic rings. The average Bonchev–Trinajstić information content (AvgIpc) is 3.03. The minimum absolute atomic E-state index is 0. The Morgan fingerprint density at radius 1 is 1.20 bits per heavy atom. The lowest BCUT2D eigenvalue weighted by atomic mass is 9.94. The summed E-state index contributed by atoms with van der Waals surface area (Å²) >= 11 is 0. The van der Waals surface area contributed by atoms with Crippen molar-refractivity contribution in [2.75, 3.05) is 32.7 Å². The fraction of sp³-hybridized carbons (Fsp3) is 0.857. The first-order chi connectivity index (χ1) is 9.20. The molecule has 1 N–H and O–H groups in total. The molecule has 0 atom stereocenters. The van der Waals surface area contributed by atoms with Crippen LogP contribution in [-0.4, -0.2) is 59.9 Å². The maximum Gasteiger partial charge on any atom is 1.00 e. The second-order valence-corrected chi connectivity index (χ2v) is 6.11. The van der Waals surface area contributed by atoms with Crippen LogP contribution in [0.4, 0.5) is 0 Å². The summed E-state index contributed by atoms with van der Waals surface area (Å²) in [7, 11) is 0. The maximum atomic E-state index is 12.0. The molecule has 2 amide bonds. The monoisotopic (exact) mass is 301 g/mol. The predicted molar refractivity (Wildman–Crippen MR) is 72.7 cm³/mol. The Morgan fingerprint density at radius 3 is 2.50 bits per heavy atom. The van der Waals surface area contributed by atoms with Crippen LogP contribution in [0.2, 0.25) is 0 Å². The summed E-state index contributed by atoms with van der Waals surface area (Å²) in [5.74, 6) is 0.125. The Balaban J connectivity index is 0.00000110. The molecule has 3 heterocycles. The molecule has 0 aromatic carbocycles. The van der Waals surface area contributed by atoms with Crippen molar-refractivity contribution in [3.05, 3.63) is 0 Å². The molecule has 114 valence electrons. The highest BCUT2D eigenvalue weighted by atomic mass is 35.5. The maximum absolute atomic E-state index is 12.0. The van der Waals surface area contributed by atoms with Gasteiger partial charge in [-0.15, -0.1) is 0 Å². The van der Waals surface area contributed by atoms with Crippen molar-refractivity contribution < 1.29 is 23.4 Å². The van der Waals surface area contributed by atoms with E-state index in [9.17, 15) is 9.59 Å². The number of carbonyl (C=O) groups excluding carboxylic acids is 2. The molecule has 5 nitrogen and oxygen atoms in total. The zero-order chi connectivity index (χ0) is 13.3. The number of likely N-dealkylation sites (tertiary alicyclic amines) is 1. The van der Waals surface area contributed by atoms with E-state index in [0.29, 0.717) is 6.42 Å². The van der Waals surface area contributed by atoms with Gasteiger partial charge in [0.05, 0.1) is 6.54 Å². The summed E-state index contributed by atoms with van der Waals surface area (Å²) in [5, 5.41) is 3.06. The molecule has 0 aliphatic carbocycles. The number of rotatable bonds is 4. The average molecular weight is 302 g/mol. The van der Waals surface area contributed by atoms with Crippen LogP contribution in [0.15, 0.2) is 0 Å². The number of nitrogens with zero attached hydrogens (tertiary/aromatic N) is 2. The smallest absolute Gasteiger partial charge is 1.00 e. The van der Waals surface area contributed by atoms with E-state index >= 15 is 0 Å². The SMILES string of the molecule is O=C(CN1CCCC1=O)NCC12CCCN1CCC2.[Cl-].[H+]. The van der Waals surface area contributed by atoms with Crippen molar-refractivity contribution in [2.24, 2.45) is 0 Å². The number of hydrogen-bond acceptors (Lipinski definition) is 3. The normalized spacial score (nSPS) is 24.6. The Hall–Kier alpha value is -0.810. The molecule has 0 aromatic heterocycles. The van der Waals surface area contributed by atoms with Gasteiger partial charge in [0.1, 0.15) is 0 Å². The van der Waals surface area contributed by atoms with Gasteiger partial charge >= 0.3 is 1.43 Å². The molecule has 0 radical (unpaired) electrons. The van der Waals surface area contributed by atoms with Crippen LogP contribution in [0.3, 0.4) is 0 Å². The fourth-order valence-corrected chi connectivity index (χ4v) is 3.88. The molecule has 20 heavy (non-hydrogen) atoms. The molecule has 6 heteroatoms. The molecule has 0 bridgehead atoms. The van der Waals surface area contributed by atoms with E-state index < -0.39 is 0 Å². The summed E-state index contributed by atoms with van der Waals surface area (Å²) in [5.41, 5.74) is 0.227. The highest BCUT2D eigenvalue weighted by Gasteiger charge is 2.44. The standard InChI is InChI=1S/C14H23N3O2.ClH/c18-12(10-16-7-1-4-13(16)19)15-11-14-5-2-8-17(14)9-3-6-14;/h1-11H2,(H,15,18);1H. The molecular formula is C14H24ClN3O2. The van der Waals surface area contributed by atoms with Crippen LogP contribution in [0, 0.1) is 0 Å². The van der Waals surface area contributed by atoms with Crippen molar-refractivity contribution in [1.29, 1.82) is 0 Å². The van der Waals surface area contributed by atoms with Gasteiger partial charge in [-0.2, -0.15) is 0 Å². The van der Waals surface area contributed by atoms with Crippen molar-refractivity contribution >= 4 is 11.8 Å².